The predicted octanol–water partition coefficient (Wildman–Crippen LogP) is 3.33. The van der Waals surface area contributed by atoms with Gasteiger partial charge >= 0.3 is 5.97 Å². The molecule has 0 saturated carbocycles. The van der Waals surface area contributed by atoms with Crippen molar-refractivity contribution in [1.82, 2.24) is 4.57 Å². The van der Waals surface area contributed by atoms with Crippen LogP contribution in [0.5, 0.6) is 5.88 Å². The van der Waals surface area contributed by atoms with Crippen molar-refractivity contribution in [2.75, 3.05) is 0 Å². The molecule has 0 saturated heterocycles. The molecule has 0 aliphatic rings. The van der Waals surface area contributed by atoms with E-state index in [1.165, 1.54) is 6.92 Å². The fourth-order valence-corrected chi connectivity index (χ4v) is 2.45. The van der Waals surface area contributed by atoms with E-state index in [0.29, 0.717) is 17.1 Å². The van der Waals surface area contributed by atoms with E-state index in [4.69, 9.17) is 4.74 Å². The van der Waals surface area contributed by atoms with Crippen LogP contribution in [0.2, 0.25) is 0 Å². The first-order valence-electron chi connectivity index (χ1n) is 6.94. The maximum atomic E-state index is 12.6. The second kappa shape index (κ2) is 5.48. The minimum absolute atomic E-state index is 0.105. The number of hydrogen-bond acceptors (Lipinski definition) is 3. The Morgan fingerprint density at radius 3 is 2.41 bits per heavy atom. The van der Waals surface area contributed by atoms with Gasteiger partial charge in [-0.2, -0.15) is 0 Å². The van der Waals surface area contributed by atoms with Crippen LogP contribution in [0, 0.1) is 0 Å². The topological polar surface area (TPSA) is 48.3 Å². The van der Waals surface area contributed by atoms with Crippen LogP contribution in [0.4, 0.5) is 0 Å². The molecule has 2 aromatic carbocycles. The third-order valence-corrected chi connectivity index (χ3v) is 3.57. The van der Waals surface area contributed by atoms with Crippen LogP contribution in [0.15, 0.2) is 54.6 Å². The lowest BCUT2D eigenvalue weighted by Crippen LogP contribution is -2.10. The number of rotatable bonds is 3. The van der Waals surface area contributed by atoms with Crippen LogP contribution in [0.3, 0.4) is 0 Å². The second-order valence-electron chi connectivity index (χ2n) is 5.10. The Labute approximate surface area is 127 Å². The highest BCUT2D eigenvalue weighted by Crippen LogP contribution is 2.21. The van der Waals surface area contributed by atoms with Gasteiger partial charge in [-0.3, -0.25) is 9.59 Å². The van der Waals surface area contributed by atoms with E-state index < -0.39 is 5.97 Å². The SMILES string of the molecule is CC(=O)Oc1ccc(C(=O)c2ccc3ccccc3c2)n1C. The van der Waals surface area contributed by atoms with Crippen molar-refractivity contribution in [2.24, 2.45) is 7.05 Å². The van der Waals surface area contributed by atoms with Gasteiger partial charge in [0.2, 0.25) is 11.7 Å². The highest BCUT2D eigenvalue weighted by atomic mass is 16.5. The van der Waals surface area contributed by atoms with Crippen molar-refractivity contribution in [2.45, 2.75) is 6.92 Å². The molecule has 0 N–H and O–H groups in total. The predicted molar refractivity (Wildman–Crippen MR) is 84.1 cm³/mol. The summed E-state index contributed by atoms with van der Waals surface area (Å²) in [6.45, 7) is 1.33. The monoisotopic (exact) mass is 293 g/mol. The first kappa shape index (κ1) is 14.1. The van der Waals surface area contributed by atoms with E-state index in [1.54, 1.807) is 23.7 Å². The van der Waals surface area contributed by atoms with Crippen molar-refractivity contribution in [1.29, 1.82) is 0 Å². The number of hydrogen-bond donors (Lipinski definition) is 0. The lowest BCUT2D eigenvalue weighted by molar-refractivity contribution is -0.132. The summed E-state index contributed by atoms with van der Waals surface area (Å²) in [5.74, 6) is -0.158. The average molecular weight is 293 g/mol. The largest absolute Gasteiger partial charge is 0.409 e. The molecular formula is C18H15NO3. The highest BCUT2D eigenvalue weighted by Gasteiger charge is 2.16. The number of esters is 1. The Morgan fingerprint density at radius 1 is 0.955 bits per heavy atom. The Balaban J connectivity index is 1.99. The number of carbonyl (C=O) groups is 2. The maximum absolute atomic E-state index is 12.6. The molecule has 0 atom stereocenters. The van der Waals surface area contributed by atoms with Gasteiger partial charge in [-0.25, -0.2) is 0 Å². The zero-order chi connectivity index (χ0) is 15.7. The minimum atomic E-state index is -0.411. The summed E-state index contributed by atoms with van der Waals surface area (Å²) < 4.78 is 6.64. The molecule has 0 fully saturated rings. The molecule has 4 heteroatoms. The quantitative estimate of drug-likeness (QED) is 0.549. The number of fused-ring (bicyclic) bond motifs is 1. The van der Waals surface area contributed by atoms with E-state index in [9.17, 15) is 9.59 Å². The van der Waals surface area contributed by atoms with E-state index >= 15 is 0 Å². The van der Waals surface area contributed by atoms with Gasteiger partial charge in [-0.1, -0.05) is 36.4 Å². The second-order valence-corrected chi connectivity index (χ2v) is 5.10. The first-order valence-corrected chi connectivity index (χ1v) is 6.94. The van der Waals surface area contributed by atoms with Gasteiger partial charge in [0.25, 0.3) is 0 Å². The standard InChI is InChI=1S/C18H15NO3/c1-12(20)22-17-10-9-16(19(17)2)18(21)15-8-7-13-5-3-4-6-14(13)11-15/h3-11H,1-2H3. The zero-order valence-corrected chi connectivity index (χ0v) is 12.4. The van der Waals surface area contributed by atoms with E-state index in [1.807, 2.05) is 42.5 Å². The summed E-state index contributed by atoms with van der Waals surface area (Å²) >= 11 is 0. The molecule has 0 unspecified atom stereocenters. The molecule has 110 valence electrons. The fourth-order valence-electron chi connectivity index (χ4n) is 2.45. The van der Waals surface area contributed by atoms with Gasteiger partial charge in [0.15, 0.2) is 0 Å². The zero-order valence-electron chi connectivity index (χ0n) is 12.4. The van der Waals surface area contributed by atoms with Crippen LogP contribution in [0.25, 0.3) is 10.8 Å². The van der Waals surface area contributed by atoms with Gasteiger partial charge in [0.1, 0.15) is 0 Å². The molecule has 0 amide bonds. The van der Waals surface area contributed by atoms with Gasteiger partial charge in [0, 0.05) is 25.6 Å². The molecule has 0 spiro atoms. The van der Waals surface area contributed by atoms with Crippen molar-refractivity contribution in [3.8, 4) is 5.88 Å². The Morgan fingerprint density at radius 2 is 1.68 bits per heavy atom. The number of aromatic nitrogens is 1. The molecule has 0 bridgehead atoms. The number of benzene rings is 2. The molecule has 3 aromatic rings. The lowest BCUT2D eigenvalue weighted by atomic mass is 10.0. The Hall–Kier alpha value is -2.88. The van der Waals surface area contributed by atoms with E-state index in [-0.39, 0.29) is 5.78 Å². The van der Waals surface area contributed by atoms with E-state index in [2.05, 4.69) is 0 Å². The molecule has 0 radical (unpaired) electrons. The third kappa shape index (κ3) is 2.51. The van der Waals surface area contributed by atoms with Crippen molar-refractivity contribution >= 4 is 22.5 Å². The van der Waals surface area contributed by atoms with Crippen LogP contribution in [-0.2, 0) is 11.8 Å². The molecule has 1 heterocycles. The first-order chi connectivity index (χ1) is 10.6. The molecule has 3 rings (SSSR count). The molecule has 22 heavy (non-hydrogen) atoms. The van der Waals surface area contributed by atoms with Gasteiger partial charge in [0.05, 0.1) is 5.69 Å². The summed E-state index contributed by atoms with van der Waals surface area (Å²) in [5.41, 5.74) is 1.08. The normalized spacial score (nSPS) is 10.6. The van der Waals surface area contributed by atoms with E-state index in [0.717, 1.165) is 10.8 Å². The number of nitrogens with zero attached hydrogens (tertiary/aromatic N) is 1. The van der Waals surface area contributed by atoms with Crippen molar-refractivity contribution in [3.63, 3.8) is 0 Å². The van der Waals surface area contributed by atoms with Crippen LogP contribution < -0.4 is 4.74 Å². The van der Waals surface area contributed by atoms with Crippen LogP contribution in [0.1, 0.15) is 23.0 Å². The molecule has 0 aliphatic heterocycles. The molecule has 0 aliphatic carbocycles. The Kier molecular flexibility index (Phi) is 3.51. The Bertz CT molecular complexity index is 877. The third-order valence-electron chi connectivity index (χ3n) is 3.57. The number of ether oxygens (including phenoxy) is 1. The van der Waals surface area contributed by atoms with Crippen molar-refractivity contribution < 1.29 is 14.3 Å². The van der Waals surface area contributed by atoms with Crippen LogP contribution >= 0.6 is 0 Å². The lowest BCUT2D eigenvalue weighted by Gasteiger charge is -2.07. The minimum Gasteiger partial charge on any atom is -0.409 e. The summed E-state index contributed by atoms with van der Waals surface area (Å²) in [4.78, 5) is 23.7. The number of carbonyl (C=O) groups excluding carboxylic acids is 2. The summed E-state index contributed by atoms with van der Waals surface area (Å²) in [7, 11) is 1.70. The summed E-state index contributed by atoms with van der Waals surface area (Å²) in [6, 6.07) is 16.8. The summed E-state index contributed by atoms with van der Waals surface area (Å²) in [5, 5.41) is 2.11. The maximum Gasteiger partial charge on any atom is 0.309 e. The fraction of sp³-hybridized carbons (Fsp3) is 0.111. The molecule has 4 nitrogen and oxygen atoms in total. The molecule has 1 aromatic heterocycles. The van der Waals surface area contributed by atoms with Crippen LogP contribution in [-0.4, -0.2) is 16.3 Å². The smallest absolute Gasteiger partial charge is 0.309 e. The number of ketones is 1. The van der Waals surface area contributed by atoms with Gasteiger partial charge in [-0.05, 0) is 22.9 Å². The van der Waals surface area contributed by atoms with Crippen molar-refractivity contribution in [3.05, 3.63) is 65.9 Å². The molecular weight excluding hydrogens is 278 g/mol. The van der Waals surface area contributed by atoms with Gasteiger partial charge in [-0.15, -0.1) is 0 Å². The highest BCUT2D eigenvalue weighted by molar-refractivity contribution is 6.10. The van der Waals surface area contributed by atoms with Gasteiger partial charge < -0.3 is 9.30 Å². The summed E-state index contributed by atoms with van der Waals surface area (Å²) in [6.07, 6.45) is 0. The average Bonchev–Trinajstić information content (AvgIpc) is 2.86.